The average Bonchev–Trinajstić information content (AvgIpc) is 3.06. The lowest BCUT2D eigenvalue weighted by atomic mass is 10.1. The minimum absolute atomic E-state index is 0.0864. The first kappa shape index (κ1) is 10.7. The van der Waals surface area contributed by atoms with E-state index in [1.54, 1.807) is 13.1 Å². The normalized spacial score (nSPS) is 14.9. The predicted octanol–water partition coefficient (Wildman–Crippen LogP) is 3.89. The highest BCUT2D eigenvalue weighted by Crippen LogP contribution is 2.40. The molecule has 3 heteroatoms. The molecular weight excluding hydrogens is 230 g/mol. The number of thiazole rings is 1. The number of aromatic nitrogens is 1. The van der Waals surface area contributed by atoms with Crippen molar-refractivity contribution in [1.29, 1.82) is 0 Å². The first-order chi connectivity index (χ1) is 8.24. The Bertz CT molecular complexity index is 552. The van der Waals surface area contributed by atoms with Gasteiger partial charge in [-0.1, -0.05) is 24.3 Å². The van der Waals surface area contributed by atoms with Crippen molar-refractivity contribution in [2.45, 2.75) is 25.7 Å². The number of carbonyl (C=O) groups is 1. The van der Waals surface area contributed by atoms with Crippen LogP contribution in [0.4, 0.5) is 0 Å². The Morgan fingerprint density at radius 3 is 2.53 bits per heavy atom. The second-order valence-electron chi connectivity index (χ2n) is 4.48. The van der Waals surface area contributed by atoms with Gasteiger partial charge in [0.15, 0.2) is 5.78 Å². The summed E-state index contributed by atoms with van der Waals surface area (Å²) in [4.78, 5) is 16.2. The fourth-order valence-corrected chi connectivity index (χ4v) is 2.70. The monoisotopic (exact) mass is 243 g/mol. The highest BCUT2D eigenvalue weighted by Gasteiger charge is 2.23. The summed E-state index contributed by atoms with van der Waals surface area (Å²) < 4.78 is 0. The number of hydrogen-bond donors (Lipinski definition) is 0. The van der Waals surface area contributed by atoms with E-state index < -0.39 is 0 Å². The van der Waals surface area contributed by atoms with Crippen LogP contribution in [0, 0.1) is 0 Å². The number of nitrogens with zero attached hydrogens (tertiary/aromatic N) is 1. The van der Waals surface area contributed by atoms with Gasteiger partial charge >= 0.3 is 0 Å². The molecule has 3 rings (SSSR count). The summed E-state index contributed by atoms with van der Waals surface area (Å²) in [6.45, 7) is 1.58. The molecule has 0 bridgehead atoms. The molecule has 1 saturated carbocycles. The molecule has 0 saturated heterocycles. The second kappa shape index (κ2) is 4.08. The van der Waals surface area contributed by atoms with Gasteiger partial charge in [0.05, 0.1) is 4.88 Å². The van der Waals surface area contributed by atoms with E-state index in [1.807, 2.05) is 0 Å². The highest BCUT2D eigenvalue weighted by atomic mass is 32.1. The Morgan fingerprint density at radius 1 is 1.29 bits per heavy atom. The number of rotatable bonds is 3. The summed E-state index contributed by atoms with van der Waals surface area (Å²) in [5.41, 5.74) is 2.53. The number of ketones is 1. The maximum atomic E-state index is 11.2. The zero-order valence-corrected chi connectivity index (χ0v) is 10.5. The van der Waals surface area contributed by atoms with Crippen molar-refractivity contribution in [3.63, 3.8) is 0 Å². The van der Waals surface area contributed by atoms with Gasteiger partial charge in [-0.15, -0.1) is 11.3 Å². The van der Waals surface area contributed by atoms with Crippen LogP contribution in [0.15, 0.2) is 30.5 Å². The third kappa shape index (κ3) is 2.15. The SMILES string of the molecule is CC(=O)c1cnc(-c2ccc(C3CC3)cc2)s1. The summed E-state index contributed by atoms with van der Waals surface area (Å²) in [5, 5.41) is 0.928. The lowest BCUT2D eigenvalue weighted by Gasteiger charge is -1.99. The molecule has 0 radical (unpaired) electrons. The van der Waals surface area contributed by atoms with Crippen LogP contribution in [-0.4, -0.2) is 10.8 Å². The largest absolute Gasteiger partial charge is 0.294 e. The van der Waals surface area contributed by atoms with E-state index in [2.05, 4.69) is 29.2 Å². The molecule has 0 atom stereocenters. The molecule has 0 amide bonds. The van der Waals surface area contributed by atoms with E-state index >= 15 is 0 Å². The van der Waals surface area contributed by atoms with Crippen LogP contribution in [0.2, 0.25) is 0 Å². The molecule has 0 unspecified atom stereocenters. The van der Waals surface area contributed by atoms with E-state index in [1.165, 1.54) is 29.7 Å². The van der Waals surface area contributed by atoms with E-state index in [9.17, 15) is 4.79 Å². The molecule has 1 aliphatic rings. The molecule has 1 fully saturated rings. The number of carbonyl (C=O) groups excluding carboxylic acids is 1. The average molecular weight is 243 g/mol. The van der Waals surface area contributed by atoms with Gasteiger partial charge in [0.25, 0.3) is 0 Å². The maximum Gasteiger partial charge on any atom is 0.171 e. The van der Waals surface area contributed by atoms with E-state index in [0.29, 0.717) is 0 Å². The van der Waals surface area contributed by atoms with Gasteiger partial charge in [-0.05, 0) is 24.3 Å². The van der Waals surface area contributed by atoms with Crippen molar-refractivity contribution in [3.8, 4) is 10.6 Å². The van der Waals surface area contributed by atoms with E-state index in [0.717, 1.165) is 21.4 Å². The van der Waals surface area contributed by atoms with Crippen LogP contribution in [0.1, 0.15) is 40.9 Å². The third-order valence-corrected chi connectivity index (χ3v) is 4.21. The Morgan fingerprint density at radius 2 is 2.00 bits per heavy atom. The van der Waals surface area contributed by atoms with Crippen molar-refractivity contribution in [3.05, 3.63) is 40.9 Å². The zero-order valence-electron chi connectivity index (χ0n) is 9.64. The predicted molar refractivity (Wildman–Crippen MR) is 69.5 cm³/mol. The van der Waals surface area contributed by atoms with Gasteiger partial charge < -0.3 is 0 Å². The Balaban J connectivity index is 1.88. The summed E-state index contributed by atoms with van der Waals surface area (Å²) in [6, 6.07) is 8.58. The first-order valence-electron chi connectivity index (χ1n) is 5.81. The molecule has 0 spiro atoms. The maximum absolute atomic E-state index is 11.2. The fraction of sp³-hybridized carbons (Fsp3) is 0.286. The molecule has 1 heterocycles. The first-order valence-corrected chi connectivity index (χ1v) is 6.63. The van der Waals surface area contributed by atoms with Gasteiger partial charge in [-0.2, -0.15) is 0 Å². The van der Waals surface area contributed by atoms with Gasteiger partial charge in [0.1, 0.15) is 5.01 Å². The van der Waals surface area contributed by atoms with Crippen molar-refractivity contribution >= 4 is 17.1 Å². The molecule has 86 valence electrons. The quantitative estimate of drug-likeness (QED) is 0.765. The van der Waals surface area contributed by atoms with Gasteiger partial charge in [0.2, 0.25) is 0 Å². The molecule has 0 aliphatic heterocycles. The lowest BCUT2D eigenvalue weighted by molar-refractivity contribution is 0.102. The molecule has 2 nitrogen and oxygen atoms in total. The van der Waals surface area contributed by atoms with Gasteiger partial charge in [-0.3, -0.25) is 4.79 Å². The Labute approximate surface area is 104 Å². The third-order valence-electron chi connectivity index (χ3n) is 3.06. The van der Waals surface area contributed by atoms with E-state index in [4.69, 9.17) is 0 Å². The molecule has 1 aliphatic carbocycles. The zero-order chi connectivity index (χ0) is 11.8. The fourth-order valence-electron chi connectivity index (χ4n) is 1.88. The van der Waals surface area contributed by atoms with Gasteiger partial charge in [0, 0.05) is 18.7 Å². The summed E-state index contributed by atoms with van der Waals surface area (Å²) in [6.07, 6.45) is 4.31. The molecule has 1 aromatic heterocycles. The van der Waals surface area contributed by atoms with Crippen LogP contribution < -0.4 is 0 Å². The van der Waals surface area contributed by atoms with Crippen LogP contribution in [-0.2, 0) is 0 Å². The Kier molecular flexibility index (Phi) is 2.56. The minimum atomic E-state index is 0.0864. The van der Waals surface area contributed by atoms with Crippen LogP contribution in [0.3, 0.4) is 0 Å². The number of hydrogen-bond acceptors (Lipinski definition) is 3. The van der Waals surface area contributed by atoms with Crippen molar-refractivity contribution in [1.82, 2.24) is 4.98 Å². The Hall–Kier alpha value is -1.48. The summed E-state index contributed by atoms with van der Waals surface area (Å²) in [5.74, 6) is 0.872. The number of Topliss-reactive ketones (excluding diaryl/α,β-unsaturated/α-hetero) is 1. The summed E-state index contributed by atoms with van der Waals surface area (Å²) >= 11 is 1.46. The number of benzene rings is 1. The molecule has 2 aromatic rings. The van der Waals surface area contributed by atoms with E-state index in [-0.39, 0.29) is 5.78 Å². The minimum Gasteiger partial charge on any atom is -0.294 e. The molecule has 1 aromatic carbocycles. The van der Waals surface area contributed by atoms with Crippen molar-refractivity contribution in [2.75, 3.05) is 0 Å². The topological polar surface area (TPSA) is 30.0 Å². The van der Waals surface area contributed by atoms with Crippen molar-refractivity contribution < 1.29 is 4.79 Å². The smallest absolute Gasteiger partial charge is 0.171 e. The lowest BCUT2D eigenvalue weighted by Crippen LogP contribution is -1.83. The molecular formula is C14H13NOS. The summed E-state index contributed by atoms with van der Waals surface area (Å²) in [7, 11) is 0. The van der Waals surface area contributed by atoms with Crippen molar-refractivity contribution in [2.24, 2.45) is 0 Å². The standard InChI is InChI=1S/C14H13NOS/c1-9(16)13-8-15-14(17-13)12-6-4-11(5-7-12)10-2-3-10/h4-8,10H,2-3H2,1H3. The molecule has 0 N–H and O–H groups in total. The molecule has 17 heavy (non-hydrogen) atoms. The van der Waals surface area contributed by atoms with Crippen LogP contribution >= 0.6 is 11.3 Å². The highest BCUT2D eigenvalue weighted by molar-refractivity contribution is 7.16. The van der Waals surface area contributed by atoms with Gasteiger partial charge in [-0.25, -0.2) is 4.98 Å². The van der Waals surface area contributed by atoms with Crippen LogP contribution in [0.25, 0.3) is 10.6 Å². The second-order valence-corrected chi connectivity index (χ2v) is 5.51. The van der Waals surface area contributed by atoms with Crippen LogP contribution in [0.5, 0.6) is 0 Å².